The number of ether oxygens (including phenoxy) is 2. The molecule has 0 saturated carbocycles. The second kappa shape index (κ2) is 8.20. The van der Waals surface area contributed by atoms with Gasteiger partial charge >= 0.3 is 0 Å². The van der Waals surface area contributed by atoms with Gasteiger partial charge in [-0.1, -0.05) is 0 Å². The molecule has 0 aliphatic carbocycles. The SMILES string of the molecule is CCS(=O)(=O)NC1CCOCC1COc1ccc(-n2cnc(C)c2)cc1. The lowest BCUT2D eigenvalue weighted by atomic mass is 9.98. The molecule has 8 heteroatoms. The van der Waals surface area contributed by atoms with E-state index in [1.165, 1.54) is 0 Å². The molecule has 1 aromatic carbocycles. The summed E-state index contributed by atoms with van der Waals surface area (Å²) in [5.74, 6) is 0.807. The summed E-state index contributed by atoms with van der Waals surface area (Å²) in [4.78, 5) is 4.22. The molecule has 0 radical (unpaired) electrons. The first-order valence-electron chi connectivity index (χ1n) is 8.78. The van der Waals surface area contributed by atoms with Crippen LogP contribution in [-0.4, -0.2) is 49.6 Å². The Balaban J connectivity index is 1.60. The lowest BCUT2D eigenvalue weighted by molar-refractivity contribution is 0.0186. The molecule has 2 unspecified atom stereocenters. The Morgan fingerprint density at radius 2 is 2.12 bits per heavy atom. The molecule has 1 saturated heterocycles. The van der Waals surface area contributed by atoms with E-state index in [2.05, 4.69) is 9.71 Å². The molecule has 0 bridgehead atoms. The van der Waals surface area contributed by atoms with Crippen LogP contribution in [0.2, 0.25) is 0 Å². The Kier molecular flexibility index (Phi) is 5.95. The van der Waals surface area contributed by atoms with E-state index in [0.717, 1.165) is 17.1 Å². The van der Waals surface area contributed by atoms with Crippen molar-refractivity contribution < 1.29 is 17.9 Å². The maximum absolute atomic E-state index is 11.9. The van der Waals surface area contributed by atoms with Crippen LogP contribution in [-0.2, 0) is 14.8 Å². The van der Waals surface area contributed by atoms with Crippen LogP contribution in [0.1, 0.15) is 19.0 Å². The van der Waals surface area contributed by atoms with Crippen molar-refractivity contribution in [2.24, 2.45) is 5.92 Å². The van der Waals surface area contributed by atoms with Crippen LogP contribution in [0.5, 0.6) is 5.75 Å². The second-order valence-electron chi connectivity index (χ2n) is 6.48. The fourth-order valence-electron chi connectivity index (χ4n) is 2.91. The van der Waals surface area contributed by atoms with Gasteiger partial charge in [0, 0.05) is 30.5 Å². The number of imidazole rings is 1. The Morgan fingerprint density at radius 1 is 1.35 bits per heavy atom. The van der Waals surface area contributed by atoms with Gasteiger partial charge in [0.2, 0.25) is 10.0 Å². The number of rotatable bonds is 7. The van der Waals surface area contributed by atoms with E-state index in [4.69, 9.17) is 9.47 Å². The summed E-state index contributed by atoms with van der Waals surface area (Å²) >= 11 is 0. The predicted octanol–water partition coefficient (Wildman–Crippen LogP) is 1.90. The monoisotopic (exact) mass is 379 g/mol. The summed E-state index contributed by atoms with van der Waals surface area (Å²) in [5.41, 5.74) is 1.97. The lowest BCUT2D eigenvalue weighted by Crippen LogP contribution is -2.47. The van der Waals surface area contributed by atoms with Crippen LogP contribution in [0.3, 0.4) is 0 Å². The smallest absolute Gasteiger partial charge is 0.211 e. The molecular formula is C18H25N3O4S. The minimum absolute atomic E-state index is 0.0129. The third-order valence-corrected chi connectivity index (χ3v) is 5.92. The van der Waals surface area contributed by atoms with Gasteiger partial charge in [-0.05, 0) is 44.5 Å². The zero-order chi connectivity index (χ0) is 18.6. The van der Waals surface area contributed by atoms with E-state index < -0.39 is 10.0 Å². The average Bonchev–Trinajstić information content (AvgIpc) is 3.07. The van der Waals surface area contributed by atoms with Gasteiger partial charge in [0.05, 0.1) is 31.0 Å². The van der Waals surface area contributed by atoms with Crippen LogP contribution < -0.4 is 9.46 Å². The lowest BCUT2D eigenvalue weighted by Gasteiger charge is -2.31. The van der Waals surface area contributed by atoms with Gasteiger partial charge in [-0.2, -0.15) is 0 Å². The fraction of sp³-hybridized carbons (Fsp3) is 0.500. The molecule has 2 heterocycles. The number of hydrogen-bond donors (Lipinski definition) is 1. The molecule has 1 aromatic heterocycles. The third-order valence-electron chi connectivity index (χ3n) is 4.50. The summed E-state index contributed by atoms with van der Waals surface area (Å²) in [6, 6.07) is 7.58. The van der Waals surface area contributed by atoms with Gasteiger partial charge in [0.25, 0.3) is 0 Å². The molecule has 1 aliphatic heterocycles. The number of aromatic nitrogens is 2. The number of sulfonamides is 1. The molecule has 2 aromatic rings. The van der Waals surface area contributed by atoms with Crippen molar-refractivity contribution in [2.45, 2.75) is 26.3 Å². The van der Waals surface area contributed by atoms with Crippen LogP contribution in [0.4, 0.5) is 0 Å². The summed E-state index contributed by atoms with van der Waals surface area (Å²) in [6.07, 6.45) is 4.39. The molecule has 1 N–H and O–H groups in total. The van der Waals surface area contributed by atoms with Crippen molar-refractivity contribution in [1.29, 1.82) is 0 Å². The maximum Gasteiger partial charge on any atom is 0.211 e. The molecule has 2 atom stereocenters. The molecule has 0 amide bonds. The maximum atomic E-state index is 11.9. The van der Waals surface area contributed by atoms with E-state index in [0.29, 0.717) is 26.2 Å². The first-order chi connectivity index (χ1) is 12.5. The van der Waals surface area contributed by atoms with Crippen molar-refractivity contribution in [3.05, 3.63) is 42.5 Å². The Morgan fingerprint density at radius 3 is 2.77 bits per heavy atom. The molecule has 1 fully saturated rings. The highest BCUT2D eigenvalue weighted by atomic mass is 32.2. The number of hydrogen-bond acceptors (Lipinski definition) is 5. The largest absolute Gasteiger partial charge is 0.493 e. The highest BCUT2D eigenvalue weighted by Gasteiger charge is 2.29. The van der Waals surface area contributed by atoms with Crippen molar-refractivity contribution in [3.63, 3.8) is 0 Å². The van der Waals surface area contributed by atoms with Gasteiger partial charge < -0.3 is 14.0 Å². The third kappa shape index (κ3) is 4.84. The van der Waals surface area contributed by atoms with E-state index in [-0.39, 0.29) is 17.7 Å². The van der Waals surface area contributed by atoms with Crippen molar-refractivity contribution in [3.8, 4) is 11.4 Å². The summed E-state index contributed by atoms with van der Waals surface area (Å²) in [5, 5.41) is 0. The molecule has 142 valence electrons. The molecule has 7 nitrogen and oxygen atoms in total. The summed E-state index contributed by atoms with van der Waals surface area (Å²) in [7, 11) is -3.24. The number of aryl methyl sites for hydroxylation is 1. The van der Waals surface area contributed by atoms with Gasteiger partial charge in [0.15, 0.2) is 0 Å². The van der Waals surface area contributed by atoms with Crippen LogP contribution in [0.15, 0.2) is 36.8 Å². The van der Waals surface area contributed by atoms with E-state index in [1.54, 1.807) is 13.3 Å². The van der Waals surface area contributed by atoms with Gasteiger partial charge in [-0.25, -0.2) is 18.1 Å². The van der Waals surface area contributed by atoms with E-state index >= 15 is 0 Å². The van der Waals surface area contributed by atoms with Gasteiger partial charge in [-0.15, -0.1) is 0 Å². The fourth-order valence-corrected chi connectivity index (χ4v) is 3.85. The van der Waals surface area contributed by atoms with Crippen molar-refractivity contribution >= 4 is 10.0 Å². The van der Waals surface area contributed by atoms with E-state index in [9.17, 15) is 8.42 Å². The summed E-state index contributed by atoms with van der Waals surface area (Å²) < 4.78 is 39.8. The first-order valence-corrected chi connectivity index (χ1v) is 10.4. The zero-order valence-electron chi connectivity index (χ0n) is 15.1. The number of nitrogens with one attached hydrogen (secondary N) is 1. The molecule has 3 rings (SSSR count). The Hall–Kier alpha value is -1.90. The van der Waals surface area contributed by atoms with Gasteiger partial charge in [-0.3, -0.25) is 0 Å². The van der Waals surface area contributed by atoms with E-state index in [1.807, 2.05) is 42.0 Å². The summed E-state index contributed by atoms with van der Waals surface area (Å²) in [6.45, 7) is 5.04. The van der Waals surface area contributed by atoms with Crippen molar-refractivity contribution in [1.82, 2.24) is 14.3 Å². The normalized spacial score (nSPS) is 20.8. The topological polar surface area (TPSA) is 82.5 Å². The molecule has 0 spiro atoms. The molecular weight excluding hydrogens is 354 g/mol. The zero-order valence-corrected chi connectivity index (χ0v) is 15.9. The average molecular weight is 379 g/mol. The highest BCUT2D eigenvalue weighted by Crippen LogP contribution is 2.20. The second-order valence-corrected chi connectivity index (χ2v) is 8.52. The minimum atomic E-state index is -3.24. The van der Waals surface area contributed by atoms with Crippen LogP contribution in [0.25, 0.3) is 5.69 Å². The quantitative estimate of drug-likeness (QED) is 0.795. The van der Waals surface area contributed by atoms with Crippen LogP contribution in [0, 0.1) is 12.8 Å². The van der Waals surface area contributed by atoms with Gasteiger partial charge in [0.1, 0.15) is 5.75 Å². The highest BCUT2D eigenvalue weighted by molar-refractivity contribution is 7.89. The number of benzene rings is 1. The van der Waals surface area contributed by atoms with Crippen molar-refractivity contribution in [2.75, 3.05) is 25.6 Å². The predicted molar refractivity (Wildman–Crippen MR) is 99.1 cm³/mol. The number of nitrogens with zero attached hydrogens (tertiary/aromatic N) is 2. The van der Waals surface area contributed by atoms with Crippen LogP contribution >= 0.6 is 0 Å². The Labute approximate surface area is 154 Å². The minimum Gasteiger partial charge on any atom is -0.493 e. The first kappa shape index (κ1) is 18.9. The standard InChI is InChI=1S/C18H25N3O4S/c1-3-26(22,23)20-18-8-9-24-11-15(18)12-25-17-6-4-16(5-7-17)21-10-14(2)19-13-21/h4-7,10,13,15,18,20H,3,8-9,11-12H2,1-2H3. The molecule has 26 heavy (non-hydrogen) atoms. The molecule has 1 aliphatic rings. The Bertz CT molecular complexity index is 817.